The number of pyridine rings is 1. The van der Waals surface area contributed by atoms with Crippen LogP contribution in [-0.2, 0) is 6.54 Å². The first-order valence-electron chi connectivity index (χ1n) is 12.6. The van der Waals surface area contributed by atoms with Crippen LogP contribution in [0.2, 0.25) is 0 Å². The number of carbonyl (C=O) groups excluding carboxylic acids is 1. The SMILES string of the molecule is CCCC(CC)c1cc(-c2cnc(N)c(C(=O)/C=C(\N)c3ccc(CNC4CC4)cc3)n2)c[nH]c1=O. The fourth-order valence-corrected chi connectivity index (χ4v) is 4.26. The van der Waals surface area contributed by atoms with Gasteiger partial charge in [-0.25, -0.2) is 9.97 Å². The number of hydrogen-bond acceptors (Lipinski definition) is 7. The van der Waals surface area contributed by atoms with Crippen LogP contribution in [0, 0.1) is 0 Å². The molecule has 1 aliphatic carbocycles. The van der Waals surface area contributed by atoms with E-state index in [-0.39, 0.29) is 23.0 Å². The van der Waals surface area contributed by atoms with E-state index in [1.807, 2.05) is 30.3 Å². The van der Waals surface area contributed by atoms with Crippen LogP contribution in [0.15, 0.2) is 53.6 Å². The molecule has 1 fully saturated rings. The van der Waals surface area contributed by atoms with E-state index in [2.05, 4.69) is 34.1 Å². The predicted octanol–water partition coefficient (Wildman–Crippen LogP) is 4.14. The Kier molecular flexibility index (Phi) is 7.95. The van der Waals surface area contributed by atoms with Crippen molar-refractivity contribution in [1.82, 2.24) is 20.3 Å². The molecule has 8 heteroatoms. The molecule has 1 aromatic carbocycles. The van der Waals surface area contributed by atoms with E-state index in [9.17, 15) is 9.59 Å². The van der Waals surface area contributed by atoms with Crippen LogP contribution in [0.4, 0.5) is 5.82 Å². The normalized spacial score (nSPS) is 14.6. The number of nitrogens with zero attached hydrogens (tertiary/aromatic N) is 2. The van der Waals surface area contributed by atoms with Gasteiger partial charge in [0.25, 0.3) is 5.56 Å². The summed E-state index contributed by atoms with van der Waals surface area (Å²) in [6, 6.07) is 10.3. The van der Waals surface area contributed by atoms with E-state index in [1.54, 1.807) is 6.20 Å². The van der Waals surface area contributed by atoms with Gasteiger partial charge in [0.2, 0.25) is 5.78 Å². The zero-order valence-corrected chi connectivity index (χ0v) is 20.9. The second-order valence-corrected chi connectivity index (χ2v) is 9.37. The molecule has 8 nitrogen and oxygen atoms in total. The monoisotopic (exact) mass is 486 g/mol. The number of H-pyrrole nitrogens is 1. The van der Waals surface area contributed by atoms with Crippen LogP contribution in [0.5, 0.6) is 0 Å². The zero-order chi connectivity index (χ0) is 25.7. The number of aromatic nitrogens is 3. The number of aromatic amines is 1. The number of allylic oxidation sites excluding steroid dienone is 1. The van der Waals surface area contributed by atoms with Crippen LogP contribution in [0.3, 0.4) is 0 Å². The Morgan fingerprint density at radius 3 is 2.67 bits per heavy atom. The topological polar surface area (TPSA) is 140 Å². The van der Waals surface area contributed by atoms with Crippen molar-refractivity contribution in [3.8, 4) is 11.3 Å². The van der Waals surface area contributed by atoms with Gasteiger partial charge in [-0.1, -0.05) is 44.5 Å². The van der Waals surface area contributed by atoms with Crippen LogP contribution in [0.1, 0.15) is 79.0 Å². The second-order valence-electron chi connectivity index (χ2n) is 9.37. The molecular formula is C28H34N6O2. The number of nitrogen functional groups attached to an aromatic ring is 1. The highest BCUT2D eigenvalue weighted by Crippen LogP contribution is 2.26. The Bertz CT molecular complexity index is 1310. The summed E-state index contributed by atoms with van der Waals surface area (Å²) < 4.78 is 0. The van der Waals surface area contributed by atoms with E-state index in [0.29, 0.717) is 28.6 Å². The van der Waals surface area contributed by atoms with Crippen molar-refractivity contribution in [1.29, 1.82) is 0 Å². The van der Waals surface area contributed by atoms with Gasteiger partial charge < -0.3 is 21.8 Å². The molecule has 4 rings (SSSR count). The van der Waals surface area contributed by atoms with Gasteiger partial charge in [-0.3, -0.25) is 9.59 Å². The maximum Gasteiger partial charge on any atom is 0.251 e. The molecule has 0 saturated heterocycles. The van der Waals surface area contributed by atoms with E-state index in [1.165, 1.54) is 25.1 Å². The molecule has 36 heavy (non-hydrogen) atoms. The van der Waals surface area contributed by atoms with Crippen LogP contribution < -0.4 is 22.3 Å². The highest BCUT2D eigenvalue weighted by atomic mass is 16.1. The summed E-state index contributed by atoms with van der Waals surface area (Å²) in [5, 5.41) is 3.47. The van der Waals surface area contributed by atoms with Crippen molar-refractivity contribution in [2.45, 2.75) is 64.5 Å². The van der Waals surface area contributed by atoms with Crippen molar-refractivity contribution >= 4 is 17.3 Å². The highest BCUT2D eigenvalue weighted by molar-refractivity contribution is 6.09. The molecule has 0 radical (unpaired) electrons. The van der Waals surface area contributed by atoms with Gasteiger partial charge in [-0.2, -0.15) is 0 Å². The maximum atomic E-state index is 13.0. The number of hydrogen-bond donors (Lipinski definition) is 4. The van der Waals surface area contributed by atoms with Crippen molar-refractivity contribution in [3.63, 3.8) is 0 Å². The van der Waals surface area contributed by atoms with Crippen LogP contribution >= 0.6 is 0 Å². The quantitative estimate of drug-likeness (QED) is 0.236. The molecule has 188 valence electrons. The minimum absolute atomic E-state index is 0.0223. The number of nitrogens with one attached hydrogen (secondary N) is 2. The number of anilines is 1. The molecular weight excluding hydrogens is 452 g/mol. The van der Waals surface area contributed by atoms with Gasteiger partial charge in [0.05, 0.1) is 11.9 Å². The Morgan fingerprint density at radius 2 is 2.00 bits per heavy atom. The summed E-state index contributed by atoms with van der Waals surface area (Å²) in [5.41, 5.74) is 16.2. The van der Waals surface area contributed by atoms with E-state index in [0.717, 1.165) is 36.9 Å². The molecule has 2 heterocycles. The summed E-state index contributed by atoms with van der Waals surface area (Å²) in [6.45, 7) is 4.99. The molecule has 2 aromatic heterocycles. The van der Waals surface area contributed by atoms with Crippen molar-refractivity contribution < 1.29 is 4.79 Å². The second kappa shape index (κ2) is 11.3. The van der Waals surface area contributed by atoms with Gasteiger partial charge in [-0.15, -0.1) is 0 Å². The van der Waals surface area contributed by atoms with Gasteiger partial charge in [0, 0.05) is 41.7 Å². The number of benzene rings is 1. The Hall–Kier alpha value is -3.78. The molecule has 0 amide bonds. The molecule has 1 aliphatic rings. The molecule has 1 atom stereocenters. The summed E-state index contributed by atoms with van der Waals surface area (Å²) in [7, 11) is 0. The largest absolute Gasteiger partial charge is 0.398 e. The predicted molar refractivity (Wildman–Crippen MR) is 143 cm³/mol. The fraction of sp³-hybridized carbons (Fsp3) is 0.357. The first-order valence-corrected chi connectivity index (χ1v) is 12.6. The summed E-state index contributed by atoms with van der Waals surface area (Å²) in [4.78, 5) is 37.0. The third kappa shape index (κ3) is 6.07. The third-order valence-electron chi connectivity index (χ3n) is 6.58. The lowest BCUT2D eigenvalue weighted by Gasteiger charge is -2.14. The standard InChI is InChI=1S/C28H34N6O2/c1-3-5-18(4-2)22-12-20(15-33-28(22)36)24-16-32-27(30)26(34-24)25(35)13-23(29)19-8-6-17(7-9-19)14-31-21-10-11-21/h6-9,12-13,15-16,18,21,31H,3-5,10-11,14,29H2,1-2H3,(H2,30,32)(H,33,36)/b23-13-. The van der Waals surface area contributed by atoms with Crippen molar-refractivity contribution in [2.75, 3.05) is 5.73 Å². The van der Waals surface area contributed by atoms with Crippen molar-refractivity contribution in [3.05, 3.63) is 81.5 Å². The fourth-order valence-electron chi connectivity index (χ4n) is 4.26. The van der Waals surface area contributed by atoms with Gasteiger partial charge in [0.15, 0.2) is 11.5 Å². The van der Waals surface area contributed by atoms with Crippen LogP contribution in [0.25, 0.3) is 17.0 Å². The van der Waals surface area contributed by atoms with E-state index < -0.39 is 5.78 Å². The highest BCUT2D eigenvalue weighted by Gasteiger charge is 2.20. The van der Waals surface area contributed by atoms with Crippen molar-refractivity contribution in [2.24, 2.45) is 5.73 Å². The molecule has 0 spiro atoms. The summed E-state index contributed by atoms with van der Waals surface area (Å²) >= 11 is 0. The Labute approximate surface area is 211 Å². The molecule has 3 aromatic rings. The zero-order valence-electron chi connectivity index (χ0n) is 20.9. The number of nitrogens with two attached hydrogens (primary N) is 2. The Balaban J connectivity index is 1.56. The average molecular weight is 487 g/mol. The lowest BCUT2D eigenvalue weighted by molar-refractivity contribution is 0.104. The molecule has 1 unspecified atom stereocenters. The minimum Gasteiger partial charge on any atom is -0.398 e. The van der Waals surface area contributed by atoms with Gasteiger partial charge in [0.1, 0.15) is 0 Å². The molecule has 1 saturated carbocycles. The number of ketones is 1. The van der Waals surface area contributed by atoms with Crippen LogP contribution in [-0.4, -0.2) is 26.8 Å². The first kappa shape index (κ1) is 25.3. The average Bonchev–Trinajstić information content (AvgIpc) is 3.72. The summed E-state index contributed by atoms with van der Waals surface area (Å²) in [6.07, 6.45) is 9.66. The number of carbonyl (C=O) groups is 1. The van der Waals surface area contributed by atoms with E-state index >= 15 is 0 Å². The Morgan fingerprint density at radius 1 is 1.25 bits per heavy atom. The molecule has 0 bridgehead atoms. The summed E-state index contributed by atoms with van der Waals surface area (Å²) in [5.74, 6) is -0.252. The van der Waals surface area contributed by atoms with Gasteiger partial charge >= 0.3 is 0 Å². The minimum atomic E-state index is -0.430. The number of rotatable bonds is 11. The first-order chi connectivity index (χ1) is 17.4. The third-order valence-corrected chi connectivity index (χ3v) is 6.58. The van der Waals surface area contributed by atoms with Gasteiger partial charge in [-0.05, 0) is 48.8 Å². The lowest BCUT2D eigenvalue weighted by atomic mass is 9.92. The van der Waals surface area contributed by atoms with E-state index in [4.69, 9.17) is 11.5 Å². The molecule has 0 aliphatic heterocycles. The smallest absolute Gasteiger partial charge is 0.251 e. The maximum absolute atomic E-state index is 13.0. The molecule has 6 N–H and O–H groups in total. The lowest BCUT2D eigenvalue weighted by Crippen LogP contribution is -2.16.